The third kappa shape index (κ3) is 5.72. The second-order valence-electron chi connectivity index (χ2n) is 6.49. The van der Waals surface area contributed by atoms with Gasteiger partial charge in [0.05, 0.1) is 0 Å². The van der Waals surface area contributed by atoms with E-state index in [4.69, 9.17) is 4.74 Å². The molecule has 0 bridgehead atoms. The van der Waals surface area contributed by atoms with Crippen LogP contribution in [0, 0.1) is 0 Å². The maximum absolute atomic E-state index is 12.2. The first kappa shape index (κ1) is 20.2. The van der Waals surface area contributed by atoms with Crippen LogP contribution in [0.3, 0.4) is 0 Å². The number of nitrogens with zero attached hydrogens (tertiary/aromatic N) is 1. The fourth-order valence-corrected chi connectivity index (χ4v) is 2.90. The minimum Gasteiger partial charge on any atom is -0.483 e. The number of carbonyl (C=O) groups excluding carboxylic acids is 2. The van der Waals surface area contributed by atoms with Crippen LogP contribution in [0.4, 0.5) is 0 Å². The molecule has 29 heavy (non-hydrogen) atoms. The highest BCUT2D eigenvalue weighted by atomic mass is 16.5. The summed E-state index contributed by atoms with van der Waals surface area (Å²) in [7, 11) is 0. The van der Waals surface area contributed by atoms with Crippen LogP contribution in [0.15, 0.2) is 73.1 Å². The number of amides is 2. The third-order valence-electron chi connectivity index (χ3n) is 4.48. The third-order valence-corrected chi connectivity index (χ3v) is 4.48. The summed E-state index contributed by atoms with van der Waals surface area (Å²) in [5, 5.41) is 5.54. The Morgan fingerprint density at radius 1 is 0.897 bits per heavy atom. The maximum atomic E-state index is 12.2. The normalized spacial score (nSPS) is 10.4. The van der Waals surface area contributed by atoms with Crippen molar-refractivity contribution in [2.24, 2.45) is 0 Å². The number of hydrogen-bond donors (Lipinski definition) is 2. The molecule has 0 radical (unpaired) electrons. The Kier molecular flexibility index (Phi) is 7.05. The van der Waals surface area contributed by atoms with Crippen molar-refractivity contribution in [2.75, 3.05) is 19.7 Å². The van der Waals surface area contributed by atoms with E-state index in [0.29, 0.717) is 18.7 Å². The number of aryl methyl sites for hydroxylation is 1. The number of aromatic nitrogens is 1. The summed E-state index contributed by atoms with van der Waals surface area (Å²) < 4.78 is 7.55. The van der Waals surface area contributed by atoms with Crippen molar-refractivity contribution >= 4 is 11.8 Å². The number of benzene rings is 2. The van der Waals surface area contributed by atoms with E-state index in [9.17, 15) is 9.59 Å². The minimum absolute atomic E-state index is 0.0498. The summed E-state index contributed by atoms with van der Waals surface area (Å²) >= 11 is 0. The van der Waals surface area contributed by atoms with E-state index in [1.54, 1.807) is 12.1 Å². The molecule has 0 atom stereocenters. The zero-order valence-electron chi connectivity index (χ0n) is 16.4. The van der Waals surface area contributed by atoms with Gasteiger partial charge in [-0.05, 0) is 54.4 Å². The number of rotatable bonds is 9. The van der Waals surface area contributed by atoms with Crippen molar-refractivity contribution < 1.29 is 14.3 Å². The van der Waals surface area contributed by atoms with Gasteiger partial charge < -0.3 is 19.9 Å². The maximum Gasteiger partial charge on any atom is 0.258 e. The number of ether oxygens (including phenoxy) is 1. The molecule has 1 aromatic heterocycles. The number of para-hydroxylation sites is 1. The largest absolute Gasteiger partial charge is 0.483 e. The number of hydrogen-bond acceptors (Lipinski definition) is 3. The number of nitrogens with one attached hydrogen (secondary N) is 2. The summed E-state index contributed by atoms with van der Waals surface area (Å²) in [6, 6.07) is 18.9. The fraction of sp³-hybridized carbons (Fsp3) is 0.217. The van der Waals surface area contributed by atoms with E-state index in [2.05, 4.69) is 10.6 Å². The van der Waals surface area contributed by atoms with E-state index in [-0.39, 0.29) is 18.4 Å². The summed E-state index contributed by atoms with van der Waals surface area (Å²) in [4.78, 5) is 24.1. The molecule has 0 fully saturated rings. The monoisotopic (exact) mass is 391 g/mol. The molecule has 0 spiro atoms. The van der Waals surface area contributed by atoms with Crippen molar-refractivity contribution in [1.82, 2.24) is 15.2 Å². The Morgan fingerprint density at radius 2 is 1.59 bits per heavy atom. The van der Waals surface area contributed by atoms with Gasteiger partial charge in [0.15, 0.2) is 6.61 Å². The standard InChI is InChI=1S/C23H25N3O3/c1-2-18-7-3-4-8-21(18)29-17-22(27)24-13-14-25-23(28)19-9-11-20(12-10-19)26-15-5-6-16-26/h3-12,15-16H,2,13-14,17H2,1H3,(H,24,27)(H,25,28). The van der Waals surface area contributed by atoms with Crippen molar-refractivity contribution in [3.05, 3.63) is 84.2 Å². The quantitative estimate of drug-likeness (QED) is 0.551. The summed E-state index contributed by atoms with van der Waals surface area (Å²) in [5.41, 5.74) is 2.63. The van der Waals surface area contributed by atoms with E-state index in [1.165, 1.54) is 0 Å². The van der Waals surface area contributed by atoms with Crippen molar-refractivity contribution in [2.45, 2.75) is 13.3 Å². The summed E-state index contributed by atoms with van der Waals surface area (Å²) in [6.45, 7) is 2.67. The Balaban J connectivity index is 1.37. The minimum atomic E-state index is -0.221. The van der Waals surface area contributed by atoms with Gasteiger partial charge in [-0.15, -0.1) is 0 Å². The second kappa shape index (κ2) is 10.1. The molecule has 2 aromatic carbocycles. The van der Waals surface area contributed by atoms with Gasteiger partial charge in [-0.3, -0.25) is 9.59 Å². The molecular weight excluding hydrogens is 366 g/mol. The van der Waals surface area contributed by atoms with Gasteiger partial charge in [0.2, 0.25) is 0 Å². The van der Waals surface area contributed by atoms with Crippen LogP contribution in [-0.2, 0) is 11.2 Å². The van der Waals surface area contributed by atoms with E-state index >= 15 is 0 Å². The lowest BCUT2D eigenvalue weighted by molar-refractivity contribution is -0.123. The Bertz CT molecular complexity index is 934. The molecule has 1 heterocycles. The van der Waals surface area contributed by atoms with Gasteiger partial charge in [0.1, 0.15) is 5.75 Å². The molecule has 0 unspecified atom stereocenters. The fourth-order valence-electron chi connectivity index (χ4n) is 2.90. The molecule has 6 nitrogen and oxygen atoms in total. The SMILES string of the molecule is CCc1ccccc1OCC(=O)NCCNC(=O)c1ccc(-n2cccc2)cc1. The van der Waals surface area contributed by atoms with Gasteiger partial charge in [-0.25, -0.2) is 0 Å². The first-order valence-electron chi connectivity index (χ1n) is 9.66. The van der Waals surface area contributed by atoms with Crippen molar-refractivity contribution in [3.63, 3.8) is 0 Å². The Morgan fingerprint density at radius 3 is 2.31 bits per heavy atom. The first-order chi connectivity index (χ1) is 14.2. The molecule has 2 N–H and O–H groups in total. The van der Waals surface area contributed by atoms with Gasteiger partial charge in [-0.2, -0.15) is 0 Å². The molecule has 3 rings (SSSR count). The molecule has 0 aliphatic rings. The molecule has 150 valence electrons. The average Bonchev–Trinajstić information content (AvgIpc) is 3.30. The van der Waals surface area contributed by atoms with Crippen LogP contribution >= 0.6 is 0 Å². The van der Waals surface area contributed by atoms with Gasteiger partial charge in [0.25, 0.3) is 11.8 Å². The molecule has 0 saturated carbocycles. The van der Waals surface area contributed by atoms with Crippen molar-refractivity contribution in [1.29, 1.82) is 0 Å². The van der Waals surface area contributed by atoms with E-state index in [0.717, 1.165) is 23.4 Å². The lowest BCUT2D eigenvalue weighted by Gasteiger charge is -2.11. The molecule has 3 aromatic rings. The summed E-state index contributed by atoms with van der Waals surface area (Å²) in [5.74, 6) is 0.328. The van der Waals surface area contributed by atoms with Crippen LogP contribution in [0.1, 0.15) is 22.8 Å². The average molecular weight is 391 g/mol. The van der Waals surface area contributed by atoms with E-state index in [1.807, 2.05) is 72.4 Å². The van der Waals surface area contributed by atoms with Gasteiger partial charge >= 0.3 is 0 Å². The lowest BCUT2D eigenvalue weighted by Crippen LogP contribution is -2.36. The topological polar surface area (TPSA) is 72.4 Å². The molecular formula is C23H25N3O3. The highest BCUT2D eigenvalue weighted by Crippen LogP contribution is 2.17. The highest BCUT2D eigenvalue weighted by Gasteiger charge is 2.07. The first-order valence-corrected chi connectivity index (χ1v) is 9.66. The molecule has 2 amide bonds. The van der Waals surface area contributed by atoms with Crippen LogP contribution in [0.25, 0.3) is 5.69 Å². The highest BCUT2D eigenvalue weighted by molar-refractivity contribution is 5.94. The van der Waals surface area contributed by atoms with Crippen LogP contribution < -0.4 is 15.4 Å². The van der Waals surface area contributed by atoms with Gasteiger partial charge in [-0.1, -0.05) is 25.1 Å². The zero-order chi connectivity index (χ0) is 20.5. The number of carbonyl (C=O) groups is 2. The van der Waals surface area contributed by atoms with E-state index < -0.39 is 0 Å². The van der Waals surface area contributed by atoms with Crippen LogP contribution in [0.5, 0.6) is 5.75 Å². The smallest absolute Gasteiger partial charge is 0.258 e. The Hall–Kier alpha value is -3.54. The molecule has 6 heteroatoms. The van der Waals surface area contributed by atoms with Crippen molar-refractivity contribution in [3.8, 4) is 11.4 Å². The molecule has 0 aliphatic heterocycles. The van der Waals surface area contributed by atoms with Crippen LogP contribution in [-0.4, -0.2) is 36.1 Å². The van der Waals surface area contributed by atoms with Gasteiger partial charge in [0, 0.05) is 36.7 Å². The predicted molar refractivity (Wildman–Crippen MR) is 112 cm³/mol. The van der Waals surface area contributed by atoms with Crippen LogP contribution in [0.2, 0.25) is 0 Å². The second-order valence-corrected chi connectivity index (χ2v) is 6.49. The predicted octanol–water partition coefficient (Wildman–Crippen LogP) is 2.96. The molecule has 0 saturated heterocycles. The summed E-state index contributed by atoms with van der Waals surface area (Å²) in [6.07, 6.45) is 4.74. The molecule has 0 aliphatic carbocycles. The lowest BCUT2D eigenvalue weighted by atomic mass is 10.1. The zero-order valence-corrected chi connectivity index (χ0v) is 16.4. The Labute approximate surface area is 170 Å².